The van der Waals surface area contributed by atoms with Gasteiger partial charge in [0.2, 0.25) is 6.79 Å². The first kappa shape index (κ1) is 23.8. The molecule has 3 aliphatic heterocycles. The molecule has 0 radical (unpaired) electrons. The summed E-state index contributed by atoms with van der Waals surface area (Å²) in [6, 6.07) is 12.5. The summed E-state index contributed by atoms with van der Waals surface area (Å²) >= 11 is 0. The van der Waals surface area contributed by atoms with Gasteiger partial charge in [-0.05, 0) is 67.3 Å². The Kier molecular flexibility index (Phi) is 6.04. The minimum Gasteiger partial charge on any atom is -0.497 e. The molecule has 0 amide bonds. The van der Waals surface area contributed by atoms with Crippen molar-refractivity contribution in [2.45, 2.75) is 49.3 Å². The molecule has 4 atom stereocenters. The third-order valence-electron chi connectivity index (χ3n) is 7.81. The lowest BCUT2D eigenvalue weighted by Gasteiger charge is -2.39. The van der Waals surface area contributed by atoms with Crippen LogP contribution in [0.15, 0.2) is 54.3 Å². The van der Waals surface area contributed by atoms with E-state index < -0.39 is 30.6 Å². The van der Waals surface area contributed by atoms with Crippen molar-refractivity contribution in [2.75, 3.05) is 27.0 Å². The molecule has 0 aromatic heterocycles. The Morgan fingerprint density at radius 2 is 1.95 bits per heavy atom. The van der Waals surface area contributed by atoms with Crippen LogP contribution in [0.2, 0.25) is 0 Å². The number of fused-ring (bicyclic) bond motifs is 3. The number of rotatable bonds is 6. The number of ether oxygens (including phenoxy) is 5. The fourth-order valence-corrected chi connectivity index (χ4v) is 6.20. The summed E-state index contributed by atoms with van der Waals surface area (Å²) in [6.07, 6.45) is 1.84. The first-order valence-corrected chi connectivity index (χ1v) is 12.6. The quantitative estimate of drug-likeness (QED) is 0.467. The van der Waals surface area contributed by atoms with Gasteiger partial charge in [0.25, 0.3) is 0 Å². The lowest BCUT2D eigenvalue weighted by atomic mass is 9.77. The van der Waals surface area contributed by atoms with E-state index in [1.165, 1.54) is 0 Å². The lowest BCUT2D eigenvalue weighted by molar-refractivity contribution is -0.163. The van der Waals surface area contributed by atoms with Crippen LogP contribution in [0.25, 0.3) is 0 Å². The van der Waals surface area contributed by atoms with Crippen LogP contribution in [0.1, 0.15) is 36.3 Å². The van der Waals surface area contributed by atoms with Crippen LogP contribution in [-0.2, 0) is 25.5 Å². The minimum absolute atomic E-state index is 0.172. The molecule has 1 saturated heterocycles. The molecule has 2 unspecified atom stereocenters. The van der Waals surface area contributed by atoms with Crippen LogP contribution in [0.3, 0.4) is 0 Å². The molecule has 37 heavy (non-hydrogen) atoms. The normalized spacial score (nSPS) is 26.3. The molecular weight excluding hydrogens is 478 g/mol. The molecule has 4 aliphatic rings. The third-order valence-corrected chi connectivity index (χ3v) is 7.81. The van der Waals surface area contributed by atoms with Crippen LogP contribution in [0.4, 0.5) is 0 Å². The maximum atomic E-state index is 13.1. The highest BCUT2D eigenvalue weighted by Gasteiger charge is 2.58. The number of methoxy groups -OCH3 is 1. The summed E-state index contributed by atoms with van der Waals surface area (Å²) < 4.78 is 28.2. The standard InChI is InChI=1S/C28H29NO8/c1-33-23-15-28-9-5-10-29(28)11-8-17-12-21-22(35-16-34-21)13-19(17)25(28)26(23)37-27(32)20(30)14-24(31)36-18-6-3-2-4-7-18/h2-4,6-7,12-13,15,20,25-26,30H,5,8-11,14,16H2,1H3/t20-,25-,26?,28?/m1/s1. The van der Waals surface area contributed by atoms with Crippen molar-refractivity contribution in [3.63, 3.8) is 0 Å². The highest BCUT2D eigenvalue weighted by atomic mass is 16.7. The highest BCUT2D eigenvalue weighted by molar-refractivity contribution is 5.83. The number of aliphatic hydroxyl groups excluding tert-OH is 1. The maximum Gasteiger partial charge on any atom is 0.336 e. The molecular formula is C28H29NO8. The second-order valence-corrected chi connectivity index (χ2v) is 9.83. The topological polar surface area (TPSA) is 104 Å². The molecule has 1 aliphatic carbocycles. The maximum absolute atomic E-state index is 13.1. The van der Waals surface area contributed by atoms with Gasteiger partial charge in [0, 0.05) is 6.54 Å². The van der Waals surface area contributed by atoms with E-state index in [-0.39, 0.29) is 18.2 Å². The van der Waals surface area contributed by atoms with Gasteiger partial charge in [0.1, 0.15) is 11.5 Å². The number of hydrogen-bond acceptors (Lipinski definition) is 9. The number of para-hydroxylation sites is 1. The Labute approximate surface area is 214 Å². The number of carbonyl (C=O) groups is 2. The van der Waals surface area contributed by atoms with E-state index in [0.29, 0.717) is 23.0 Å². The Balaban J connectivity index is 1.27. The SMILES string of the molecule is COC1=CC23CCCN2CCc2cc4c(cc2[C@@H]3C1OC(=O)[C@H](O)CC(=O)Oc1ccccc1)OCO4. The van der Waals surface area contributed by atoms with Crippen LogP contribution in [0.5, 0.6) is 17.2 Å². The van der Waals surface area contributed by atoms with Crippen molar-refractivity contribution in [1.82, 2.24) is 4.90 Å². The molecule has 194 valence electrons. The van der Waals surface area contributed by atoms with Crippen molar-refractivity contribution in [3.05, 3.63) is 65.4 Å². The summed E-state index contributed by atoms with van der Waals surface area (Å²) in [7, 11) is 1.56. The lowest BCUT2D eigenvalue weighted by Crippen LogP contribution is -2.47. The van der Waals surface area contributed by atoms with Crippen molar-refractivity contribution < 1.29 is 38.4 Å². The van der Waals surface area contributed by atoms with E-state index in [1.807, 2.05) is 12.1 Å². The van der Waals surface area contributed by atoms with E-state index in [0.717, 1.165) is 43.5 Å². The third kappa shape index (κ3) is 4.12. The number of carbonyl (C=O) groups excluding carboxylic acids is 2. The number of hydrogen-bond donors (Lipinski definition) is 1. The van der Waals surface area contributed by atoms with Crippen molar-refractivity contribution in [1.29, 1.82) is 0 Å². The van der Waals surface area contributed by atoms with Crippen LogP contribution in [-0.4, -0.2) is 66.7 Å². The molecule has 1 spiro atoms. The largest absolute Gasteiger partial charge is 0.497 e. The monoisotopic (exact) mass is 507 g/mol. The van der Waals surface area contributed by atoms with Gasteiger partial charge in [0.05, 0.1) is 25.0 Å². The highest BCUT2D eigenvalue weighted by Crippen LogP contribution is 2.55. The predicted octanol–water partition coefficient (Wildman–Crippen LogP) is 2.70. The van der Waals surface area contributed by atoms with Crippen molar-refractivity contribution in [3.8, 4) is 17.2 Å². The Hall–Kier alpha value is -3.56. The van der Waals surface area contributed by atoms with E-state index in [1.54, 1.807) is 37.4 Å². The average molecular weight is 508 g/mol. The van der Waals surface area contributed by atoms with Gasteiger partial charge < -0.3 is 28.8 Å². The van der Waals surface area contributed by atoms with Gasteiger partial charge in [-0.1, -0.05) is 18.2 Å². The number of esters is 2. The molecule has 6 rings (SSSR count). The van der Waals surface area contributed by atoms with Gasteiger partial charge in [-0.2, -0.15) is 0 Å². The van der Waals surface area contributed by atoms with Gasteiger partial charge >= 0.3 is 11.9 Å². The van der Waals surface area contributed by atoms with Gasteiger partial charge in [-0.15, -0.1) is 0 Å². The molecule has 2 aromatic carbocycles. The van der Waals surface area contributed by atoms with E-state index in [2.05, 4.69) is 11.0 Å². The molecule has 3 heterocycles. The zero-order chi connectivity index (χ0) is 25.6. The first-order valence-electron chi connectivity index (χ1n) is 12.6. The van der Waals surface area contributed by atoms with Gasteiger partial charge in [-0.3, -0.25) is 9.69 Å². The predicted molar refractivity (Wildman–Crippen MR) is 130 cm³/mol. The number of benzene rings is 2. The van der Waals surface area contributed by atoms with Crippen LogP contribution in [0, 0.1) is 0 Å². The fourth-order valence-electron chi connectivity index (χ4n) is 6.20. The summed E-state index contributed by atoms with van der Waals surface area (Å²) in [4.78, 5) is 27.8. The summed E-state index contributed by atoms with van der Waals surface area (Å²) in [5, 5.41) is 10.6. The Bertz CT molecular complexity index is 1240. The van der Waals surface area contributed by atoms with E-state index in [4.69, 9.17) is 23.7 Å². The average Bonchev–Trinajstić information content (AvgIpc) is 3.58. The van der Waals surface area contributed by atoms with Crippen molar-refractivity contribution >= 4 is 11.9 Å². The Morgan fingerprint density at radius 1 is 1.16 bits per heavy atom. The van der Waals surface area contributed by atoms with Crippen LogP contribution >= 0.6 is 0 Å². The molecule has 0 saturated carbocycles. The molecule has 2 aromatic rings. The summed E-state index contributed by atoms with van der Waals surface area (Å²) in [5.41, 5.74) is 1.75. The van der Waals surface area contributed by atoms with Gasteiger partial charge in [-0.25, -0.2) is 4.79 Å². The van der Waals surface area contributed by atoms with E-state index >= 15 is 0 Å². The molecule has 1 N–H and O–H groups in total. The Morgan fingerprint density at radius 3 is 2.73 bits per heavy atom. The second kappa shape index (κ2) is 9.39. The fraction of sp³-hybridized carbons (Fsp3) is 0.429. The van der Waals surface area contributed by atoms with Crippen LogP contribution < -0.4 is 14.2 Å². The summed E-state index contributed by atoms with van der Waals surface area (Å²) in [6.45, 7) is 1.95. The van der Waals surface area contributed by atoms with E-state index in [9.17, 15) is 14.7 Å². The minimum atomic E-state index is -1.67. The smallest absolute Gasteiger partial charge is 0.336 e. The zero-order valence-electron chi connectivity index (χ0n) is 20.6. The number of aliphatic hydroxyl groups is 1. The summed E-state index contributed by atoms with van der Waals surface area (Å²) in [5.74, 6) is 0.375. The molecule has 9 heteroatoms. The molecule has 9 nitrogen and oxygen atoms in total. The molecule has 1 fully saturated rings. The second-order valence-electron chi connectivity index (χ2n) is 9.83. The van der Waals surface area contributed by atoms with Gasteiger partial charge in [0.15, 0.2) is 23.7 Å². The zero-order valence-corrected chi connectivity index (χ0v) is 20.6. The first-order chi connectivity index (χ1) is 18.0. The van der Waals surface area contributed by atoms with Crippen molar-refractivity contribution in [2.24, 2.45) is 0 Å². The number of nitrogens with zero attached hydrogens (tertiary/aromatic N) is 1. The molecule has 0 bridgehead atoms.